The molecule has 0 bridgehead atoms. The van der Waals surface area contributed by atoms with Crippen molar-refractivity contribution >= 4 is 22.6 Å². The van der Waals surface area contributed by atoms with Crippen LogP contribution in [-0.2, 0) is 12.8 Å². The van der Waals surface area contributed by atoms with Crippen LogP contribution in [0.15, 0.2) is 47.8 Å². The third kappa shape index (κ3) is 2.92. The first-order valence-corrected chi connectivity index (χ1v) is 8.59. The molecule has 7 nitrogen and oxygen atoms in total. The third-order valence-electron chi connectivity index (χ3n) is 4.56. The number of hydrogen-bond donors (Lipinski definition) is 1. The van der Waals surface area contributed by atoms with Gasteiger partial charge in [-0.1, -0.05) is 23.4 Å². The molecule has 0 atom stereocenters. The highest BCUT2D eigenvalue weighted by Crippen LogP contribution is 2.23. The van der Waals surface area contributed by atoms with Gasteiger partial charge in [-0.25, -0.2) is 9.97 Å². The molecule has 4 rings (SSSR count). The Balaban J connectivity index is 1.57. The van der Waals surface area contributed by atoms with Crippen LogP contribution >= 0.6 is 0 Å². The zero-order valence-electron chi connectivity index (χ0n) is 14.3. The van der Waals surface area contributed by atoms with Crippen molar-refractivity contribution in [3.63, 3.8) is 0 Å². The zero-order valence-corrected chi connectivity index (χ0v) is 14.3. The Morgan fingerprint density at radius 1 is 1.27 bits per heavy atom. The molecule has 2 aromatic heterocycles. The van der Waals surface area contributed by atoms with Crippen LogP contribution in [0.1, 0.15) is 21.8 Å². The van der Waals surface area contributed by atoms with E-state index in [-0.39, 0.29) is 5.91 Å². The minimum Gasteiger partial charge on any atom is -0.366 e. The average molecular weight is 349 g/mol. The Bertz CT molecular complexity index is 965. The lowest BCUT2D eigenvalue weighted by atomic mass is 10.1. The summed E-state index contributed by atoms with van der Waals surface area (Å²) in [6, 6.07) is 7.44. The molecule has 1 amide bonds. The SMILES string of the molecule is C=CCNc1ncnc2c1CCN(C(=O)c1onc3ccccc13)CC2. The Morgan fingerprint density at radius 3 is 3.00 bits per heavy atom. The molecule has 3 heterocycles. The standard InChI is InChI=1S/C19H19N5O2/c1-2-9-20-18-14-7-10-24(11-8-15(14)21-12-22-18)19(25)17-13-5-3-4-6-16(13)23-26-17/h2-6,12H,1,7-11H2,(H,20,21,22). The van der Waals surface area contributed by atoms with E-state index in [4.69, 9.17) is 4.52 Å². The number of carbonyl (C=O) groups excluding carboxylic acids is 1. The number of hydrogen-bond acceptors (Lipinski definition) is 6. The Morgan fingerprint density at radius 2 is 2.12 bits per heavy atom. The molecule has 0 fully saturated rings. The summed E-state index contributed by atoms with van der Waals surface area (Å²) in [4.78, 5) is 23.5. The smallest absolute Gasteiger partial charge is 0.293 e. The van der Waals surface area contributed by atoms with E-state index in [9.17, 15) is 4.79 Å². The van der Waals surface area contributed by atoms with Crippen molar-refractivity contribution in [3.8, 4) is 0 Å². The molecule has 1 aliphatic rings. The molecule has 0 aliphatic carbocycles. The predicted octanol–water partition coefficient (Wildman–Crippen LogP) is 2.46. The number of nitrogens with one attached hydrogen (secondary N) is 1. The van der Waals surface area contributed by atoms with Gasteiger partial charge in [-0.15, -0.1) is 6.58 Å². The quantitative estimate of drug-likeness (QED) is 0.729. The van der Waals surface area contributed by atoms with Gasteiger partial charge in [0.25, 0.3) is 5.91 Å². The maximum atomic E-state index is 13.0. The number of rotatable bonds is 4. The highest BCUT2D eigenvalue weighted by Gasteiger charge is 2.26. The highest BCUT2D eigenvalue weighted by atomic mass is 16.5. The summed E-state index contributed by atoms with van der Waals surface area (Å²) in [7, 11) is 0. The third-order valence-corrected chi connectivity index (χ3v) is 4.56. The van der Waals surface area contributed by atoms with Crippen molar-refractivity contribution in [2.75, 3.05) is 25.0 Å². The number of nitrogens with zero attached hydrogens (tertiary/aromatic N) is 4. The summed E-state index contributed by atoms with van der Waals surface area (Å²) >= 11 is 0. The fraction of sp³-hybridized carbons (Fsp3) is 0.263. The average Bonchev–Trinajstić information content (AvgIpc) is 2.98. The van der Waals surface area contributed by atoms with Crippen LogP contribution in [-0.4, -0.2) is 45.6 Å². The van der Waals surface area contributed by atoms with Crippen molar-refractivity contribution in [1.82, 2.24) is 20.0 Å². The zero-order chi connectivity index (χ0) is 17.9. The molecule has 0 saturated heterocycles. The molecular formula is C19H19N5O2. The summed E-state index contributed by atoms with van der Waals surface area (Å²) < 4.78 is 5.33. The van der Waals surface area contributed by atoms with Crippen LogP contribution in [0, 0.1) is 0 Å². The van der Waals surface area contributed by atoms with E-state index < -0.39 is 0 Å². The number of anilines is 1. The van der Waals surface area contributed by atoms with E-state index in [0.717, 1.165) is 22.5 Å². The van der Waals surface area contributed by atoms with Crippen LogP contribution in [0.4, 0.5) is 5.82 Å². The van der Waals surface area contributed by atoms with Crippen LogP contribution in [0.2, 0.25) is 0 Å². The lowest BCUT2D eigenvalue weighted by Gasteiger charge is -2.18. The van der Waals surface area contributed by atoms with Crippen molar-refractivity contribution in [1.29, 1.82) is 0 Å². The van der Waals surface area contributed by atoms with E-state index >= 15 is 0 Å². The predicted molar refractivity (Wildman–Crippen MR) is 98.0 cm³/mol. The molecule has 3 aromatic rings. The van der Waals surface area contributed by atoms with Gasteiger partial charge in [0.1, 0.15) is 17.7 Å². The first kappa shape index (κ1) is 16.3. The molecular weight excluding hydrogens is 330 g/mol. The molecule has 1 aliphatic heterocycles. The monoisotopic (exact) mass is 349 g/mol. The Hall–Kier alpha value is -3.22. The summed E-state index contributed by atoms with van der Waals surface area (Å²) in [6.45, 7) is 5.52. The van der Waals surface area contributed by atoms with Gasteiger partial charge in [-0.05, 0) is 18.6 Å². The lowest BCUT2D eigenvalue weighted by molar-refractivity contribution is 0.0724. The molecule has 1 aromatic carbocycles. The molecule has 7 heteroatoms. The maximum absolute atomic E-state index is 13.0. The Labute approximate surface area is 150 Å². The van der Waals surface area contributed by atoms with Crippen LogP contribution in [0.5, 0.6) is 0 Å². The topological polar surface area (TPSA) is 84.2 Å². The molecule has 0 spiro atoms. The largest absolute Gasteiger partial charge is 0.366 e. The molecule has 1 N–H and O–H groups in total. The number of benzene rings is 1. The van der Waals surface area contributed by atoms with Crippen LogP contribution in [0.3, 0.4) is 0 Å². The fourth-order valence-corrected chi connectivity index (χ4v) is 3.24. The van der Waals surface area contributed by atoms with Gasteiger partial charge >= 0.3 is 0 Å². The first-order valence-electron chi connectivity index (χ1n) is 8.59. The molecule has 0 unspecified atom stereocenters. The number of aromatic nitrogens is 3. The van der Waals surface area contributed by atoms with Crippen molar-refractivity contribution in [3.05, 3.63) is 60.3 Å². The van der Waals surface area contributed by atoms with E-state index in [2.05, 4.69) is 27.0 Å². The lowest BCUT2D eigenvalue weighted by Crippen LogP contribution is -2.33. The molecule has 26 heavy (non-hydrogen) atoms. The van der Waals surface area contributed by atoms with Crippen molar-refractivity contribution < 1.29 is 9.32 Å². The number of fused-ring (bicyclic) bond motifs is 2. The van der Waals surface area contributed by atoms with Gasteiger partial charge < -0.3 is 14.7 Å². The second-order valence-electron chi connectivity index (χ2n) is 6.14. The van der Waals surface area contributed by atoms with E-state index in [1.807, 2.05) is 24.3 Å². The maximum Gasteiger partial charge on any atom is 0.293 e. The van der Waals surface area contributed by atoms with Gasteiger partial charge in [0.15, 0.2) is 0 Å². The van der Waals surface area contributed by atoms with Gasteiger partial charge in [0, 0.05) is 31.6 Å². The summed E-state index contributed by atoms with van der Waals surface area (Å²) in [5.74, 6) is 0.969. The minimum absolute atomic E-state index is 0.139. The van der Waals surface area contributed by atoms with Gasteiger partial charge in [-0.3, -0.25) is 4.79 Å². The second kappa shape index (κ2) is 6.95. The molecule has 0 radical (unpaired) electrons. The van der Waals surface area contributed by atoms with Crippen molar-refractivity contribution in [2.45, 2.75) is 12.8 Å². The molecule has 132 valence electrons. The second-order valence-corrected chi connectivity index (χ2v) is 6.14. The Kier molecular flexibility index (Phi) is 4.35. The number of amides is 1. The number of carbonyl (C=O) groups is 1. The fourth-order valence-electron chi connectivity index (χ4n) is 3.24. The van der Waals surface area contributed by atoms with Gasteiger partial charge in [0.2, 0.25) is 5.76 Å². The van der Waals surface area contributed by atoms with E-state index in [0.29, 0.717) is 43.8 Å². The normalized spacial score (nSPS) is 13.9. The van der Waals surface area contributed by atoms with Crippen molar-refractivity contribution in [2.24, 2.45) is 0 Å². The highest BCUT2D eigenvalue weighted by molar-refractivity contribution is 6.03. The summed E-state index contributed by atoms with van der Waals surface area (Å²) in [6.07, 6.45) is 4.72. The van der Waals surface area contributed by atoms with Crippen LogP contribution in [0.25, 0.3) is 10.9 Å². The van der Waals surface area contributed by atoms with E-state index in [1.165, 1.54) is 0 Å². The van der Waals surface area contributed by atoms with Gasteiger partial charge in [-0.2, -0.15) is 0 Å². The summed E-state index contributed by atoms with van der Waals surface area (Å²) in [5.41, 5.74) is 2.73. The minimum atomic E-state index is -0.139. The first-order chi connectivity index (χ1) is 12.8. The van der Waals surface area contributed by atoms with Gasteiger partial charge in [0.05, 0.1) is 11.1 Å². The summed E-state index contributed by atoms with van der Waals surface area (Å²) in [5, 5.41) is 7.97. The molecule has 0 saturated carbocycles. The van der Waals surface area contributed by atoms with Crippen LogP contribution < -0.4 is 5.32 Å². The van der Waals surface area contributed by atoms with E-state index in [1.54, 1.807) is 17.3 Å².